The lowest BCUT2D eigenvalue weighted by molar-refractivity contribution is 0.475. The van der Waals surface area contributed by atoms with Crippen LogP contribution < -0.4 is 10.2 Å². The fourth-order valence-corrected chi connectivity index (χ4v) is 4.95. The van der Waals surface area contributed by atoms with E-state index in [2.05, 4.69) is 50.7 Å². The molecule has 166 valence electrons. The Bertz CT molecular complexity index is 1270. The maximum Gasteiger partial charge on any atom is 0.174 e. The Labute approximate surface area is 198 Å². The molecule has 1 aliphatic rings. The van der Waals surface area contributed by atoms with Crippen molar-refractivity contribution in [3.63, 3.8) is 0 Å². The van der Waals surface area contributed by atoms with Crippen LogP contribution in [0.5, 0.6) is 5.75 Å². The Morgan fingerprint density at radius 1 is 1.03 bits per heavy atom. The smallest absolute Gasteiger partial charge is 0.174 e. The zero-order chi connectivity index (χ0) is 22.9. The maximum atomic E-state index is 9.82. The number of aromatic hydroxyl groups is 1. The number of aryl methyl sites for hydroxylation is 1. The molecule has 0 saturated carbocycles. The van der Waals surface area contributed by atoms with Crippen molar-refractivity contribution in [2.75, 3.05) is 4.90 Å². The quantitative estimate of drug-likeness (QED) is 0.421. The third kappa shape index (κ3) is 3.96. The standard InChI is InChI=1S/C26H25N5OS/c1-17-14-22(18(2)30(17)16-19-6-5-12-27-15-19)25-24(23-7-3-4-13-28-23)29-26(33)31(25)20-8-10-21(32)11-9-20/h3-15,24-25,32H,16H2,1-2H3,(H,29,33)/t24-,25+/m0/s1. The van der Waals surface area contributed by atoms with E-state index < -0.39 is 0 Å². The largest absolute Gasteiger partial charge is 0.508 e. The van der Waals surface area contributed by atoms with E-state index in [1.54, 1.807) is 18.3 Å². The average Bonchev–Trinajstić information content (AvgIpc) is 3.32. The lowest BCUT2D eigenvalue weighted by Crippen LogP contribution is -2.29. The van der Waals surface area contributed by atoms with Gasteiger partial charge < -0.3 is 19.9 Å². The second-order valence-electron chi connectivity index (χ2n) is 8.29. The van der Waals surface area contributed by atoms with Crippen molar-refractivity contribution in [3.8, 4) is 5.75 Å². The Hall–Kier alpha value is -3.71. The summed E-state index contributed by atoms with van der Waals surface area (Å²) in [5, 5.41) is 14.0. The number of hydrogen-bond acceptors (Lipinski definition) is 4. The van der Waals surface area contributed by atoms with Crippen LogP contribution in [0.4, 0.5) is 5.69 Å². The van der Waals surface area contributed by atoms with E-state index >= 15 is 0 Å². The van der Waals surface area contributed by atoms with Crippen LogP contribution in [0.2, 0.25) is 0 Å². The first kappa shape index (κ1) is 21.2. The number of pyridine rings is 2. The van der Waals surface area contributed by atoms with Crippen LogP contribution in [0.1, 0.15) is 40.3 Å². The molecule has 33 heavy (non-hydrogen) atoms. The molecule has 1 aromatic carbocycles. The molecule has 0 aliphatic carbocycles. The molecule has 1 aliphatic heterocycles. The zero-order valence-corrected chi connectivity index (χ0v) is 19.3. The van der Waals surface area contributed by atoms with Crippen LogP contribution in [0, 0.1) is 13.8 Å². The fourth-order valence-electron chi connectivity index (χ4n) is 4.61. The molecule has 2 atom stereocenters. The Morgan fingerprint density at radius 3 is 2.55 bits per heavy atom. The normalized spacial score (nSPS) is 17.9. The Morgan fingerprint density at radius 2 is 1.85 bits per heavy atom. The minimum atomic E-state index is -0.111. The van der Waals surface area contributed by atoms with Crippen LogP contribution in [0.3, 0.4) is 0 Å². The third-order valence-electron chi connectivity index (χ3n) is 6.22. The number of hydrogen-bond donors (Lipinski definition) is 2. The molecule has 0 radical (unpaired) electrons. The number of anilines is 1. The highest BCUT2D eigenvalue weighted by Crippen LogP contribution is 2.43. The van der Waals surface area contributed by atoms with Gasteiger partial charge >= 0.3 is 0 Å². The first-order valence-corrected chi connectivity index (χ1v) is 11.3. The highest BCUT2D eigenvalue weighted by atomic mass is 32.1. The summed E-state index contributed by atoms with van der Waals surface area (Å²) in [5.74, 6) is 0.226. The van der Waals surface area contributed by atoms with Gasteiger partial charge in [0, 0.05) is 42.2 Å². The van der Waals surface area contributed by atoms with E-state index in [0.29, 0.717) is 5.11 Å². The second kappa shape index (κ2) is 8.67. The van der Waals surface area contributed by atoms with Crippen molar-refractivity contribution in [3.05, 3.63) is 107 Å². The summed E-state index contributed by atoms with van der Waals surface area (Å²) in [6, 6.07) is 19.2. The van der Waals surface area contributed by atoms with Gasteiger partial charge in [0.05, 0.1) is 17.8 Å². The predicted octanol–water partition coefficient (Wildman–Crippen LogP) is 4.83. The van der Waals surface area contributed by atoms with Gasteiger partial charge in [-0.25, -0.2) is 0 Å². The van der Waals surface area contributed by atoms with Crippen LogP contribution in [0.25, 0.3) is 0 Å². The van der Waals surface area contributed by atoms with Gasteiger partial charge in [-0.15, -0.1) is 0 Å². The summed E-state index contributed by atoms with van der Waals surface area (Å²) in [4.78, 5) is 11.0. The number of nitrogens with zero attached hydrogens (tertiary/aromatic N) is 4. The number of phenols is 1. The molecule has 0 bridgehead atoms. The molecule has 4 heterocycles. The molecule has 1 fully saturated rings. The van der Waals surface area contributed by atoms with Crippen molar-refractivity contribution in [2.24, 2.45) is 0 Å². The first-order chi connectivity index (χ1) is 16.0. The minimum absolute atomic E-state index is 0.0919. The van der Waals surface area contributed by atoms with E-state index in [9.17, 15) is 5.11 Å². The Balaban J connectivity index is 1.62. The summed E-state index contributed by atoms with van der Waals surface area (Å²) in [6.45, 7) is 5.04. The Kier molecular flexibility index (Phi) is 5.56. The lowest BCUT2D eigenvalue weighted by atomic mass is 9.96. The van der Waals surface area contributed by atoms with Crippen LogP contribution in [-0.2, 0) is 6.54 Å². The monoisotopic (exact) mass is 455 g/mol. The van der Waals surface area contributed by atoms with Crippen molar-refractivity contribution in [1.29, 1.82) is 0 Å². The molecule has 7 heteroatoms. The van der Waals surface area contributed by atoms with Gasteiger partial charge in [0.2, 0.25) is 0 Å². The number of benzene rings is 1. The van der Waals surface area contributed by atoms with Crippen LogP contribution >= 0.6 is 12.2 Å². The number of aromatic nitrogens is 3. The van der Waals surface area contributed by atoms with Crippen molar-refractivity contribution >= 4 is 23.0 Å². The van der Waals surface area contributed by atoms with Crippen molar-refractivity contribution < 1.29 is 5.11 Å². The lowest BCUT2D eigenvalue weighted by Gasteiger charge is -2.28. The first-order valence-electron chi connectivity index (χ1n) is 10.9. The summed E-state index contributed by atoms with van der Waals surface area (Å²) < 4.78 is 2.32. The van der Waals surface area contributed by atoms with Gasteiger partial charge in [0.15, 0.2) is 5.11 Å². The van der Waals surface area contributed by atoms with Gasteiger partial charge in [-0.05, 0) is 85.7 Å². The molecule has 6 nitrogen and oxygen atoms in total. The van der Waals surface area contributed by atoms with E-state index in [0.717, 1.165) is 23.5 Å². The molecular weight excluding hydrogens is 430 g/mol. The molecule has 4 aromatic rings. The summed E-state index contributed by atoms with van der Waals surface area (Å²) in [5.41, 5.74) is 6.55. The van der Waals surface area contributed by atoms with Gasteiger partial charge in [0.25, 0.3) is 0 Å². The van der Waals surface area contributed by atoms with E-state index in [1.807, 2.05) is 48.8 Å². The summed E-state index contributed by atoms with van der Waals surface area (Å²) in [7, 11) is 0. The fraction of sp³-hybridized carbons (Fsp3) is 0.192. The molecule has 2 N–H and O–H groups in total. The van der Waals surface area contributed by atoms with Crippen LogP contribution in [-0.4, -0.2) is 24.8 Å². The highest BCUT2D eigenvalue weighted by Gasteiger charge is 2.42. The third-order valence-corrected chi connectivity index (χ3v) is 6.54. The molecule has 3 aromatic heterocycles. The van der Waals surface area contributed by atoms with E-state index in [-0.39, 0.29) is 17.8 Å². The number of thiocarbonyl (C=S) groups is 1. The SMILES string of the molecule is Cc1cc([C@@H]2[C@H](c3ccccn3)NC(=S)N2c2ccc(O)cc2)c(C)n1Cc1cccnc1. The number of nitrogens with one attached hydrogen (secondary N) is 1. The average molecular weight is 456 g/mol. The van der Waals surface area contributed by atoms with Gasteiger partial charge in [-0.3, -0.25) is 9.97 Å². The van der Waals surface area contributed by atoms with Gasteiger partial charge in [-0.2, -0.15) is 0 Å². The number of rotatable bonds is 5. The molecule has 0 unspecified atom stereocenters. The second-order valence-corrected chi connectivity index (χ2v) is 8.67. The maximum absolute atomic E-state index is 9.82. The molecule has 0 amide bonds. The topological polar surface area (TPSA) is 66.2 Å². The molecule has 5 rings (SSSR count). The number of phenolic OH excluding ortho intramolecular Hbond substituents is 1. The van der Waals surface area contributed by atoms with E-state index in [4.69, 9.17) is 12.2 Å². The minimum Gasteiger partial charge on any atom is -0.508 e. The predicted molar refractivity (Wildman–Crippen MR) is 133 cm³/mol. The molecular formula is C26H25N5OS. The van der Waals surface area contributed by atoms with Gasteiger partial charge in [-0.1, -0.05) is 12.1 Å². The zero-order valence-electron chi connectivity index (χ0n) is 18.5. The summed E-state index contributed by atoms with van der Waals surface area (Å²) >= 11 is 5.81. The van der Waals surface area contributed by atoms with Crippen molar-refractivity contribution in [2.45, 2.75) is 32.5 Å². The highest BCUT2D eigenvalue weighted by molar-refractivity contribution is 7.80. The van der Waals surface area contributed by atoms with Gasteiger partial charge in [0.1, 0.15) is 5.75 Å². The van der Waals surface area contributed by atoms with Crippen LogP contribution in [0.15, 0.2) is 79.3 Å². The molecule has 0 spiro atoms. The van der Waals surface area contributed by atoms with E-state index in [1.165, 1.54) is 17.0 Å². The van der Waals surface area contributed by atoms with Crippen molar-refractivity contribution in [1.82, 2.24) is 19.9 Å². The summed E-state index contributed by atoms with van der Waals surface area (Å²) in [6.07, 6.45) is 5.51. The molecule has 1 saturated heterocycles.